The maximum atomic E-state index is 14.2. The van der Waals surface area contributed by atoms with Gasteiger partial charge in [-0.15, -0.1) is 0 Å². The smallest absolute Gasteiger partial charge is 0.150 e. The van der Waals surface area contributed by atoms with Crippen LogP contribution in [0.1, 0.15) is 0 Å². The van der Waals surface area contributed by atoms with Gasteiger partial charge in [-0.25, -0.2) is 4.39 Å². The summed E-state index contributed by atoms with van der Waals surface area (Å²) in [6, 6.07) is 12.6. The Labute approximate surface area is 129 Å². The maximum Gasteiger partial charge on any atom is 0.150 e. The SMILES string of the molecule is Nc1cc(F)c(Nc2cccc(I)c2)c2ncccc12. The lowest BCUT2D eigenvalue weighted by Gasteiger charge is -2.12. The second-order valence-electron chi connectivity index (χ2n) is 4.36. The van der Waals surface area contributed by atoms with Crippen LogP contribution in [-0.4, -0.2) is 4.98 Å². The second kappa shape index (κ2) is 5.24. The number of fused-ring (bicyclic) bond motifs is 1. The van der Waals surface area contributed by atoms with Crippen LogP contribution < -0.4 is 11.1 Å². The summed E-state index contributed by atoms with van der Waals surface area (Å²) in [6.07, 6.45) is 1.63. The monoisotopic (exact) mass is 379 g/mol. The fourth-order valence-electron chi connectivity index (χ4n) is 2.07. The number of nitrogen functional groups attached to an aromatic ring is 1. The second-order valence-corrected chi connectivity index (χ2v) is 5.60. The van der Waals surface area contributed by atoms with Gasteiger partial charge in [0.2, 0.25) is 0 Å². The summed E-state index contributed by atoms with van der Waals surface area (Å²) in [5.41, 5.74) is 7.91. The van der Waals surface area contributed by atoms with E-state index in [1.165, 1.54) is 6.07 Å². The van der Waals surface area contributed by atoms with Crippen LogP contribution in [0.2, 0.25) is 0 Å². The number of nitrogens with one attached hydrogen (secondary N) is 1. The molecular formula is C15H11FIN3. The molecule has 0 bridgehead atoms. The number of rotatable bonds is 2. The van der Waals surface area contributed by atoms with Crippen molar-refractivity contribution in [2.45, 2.75) is 0 Å². The van der Waals surface area contributed by atoms with Gasteiger partial charge in [0.15, 0.2) is 5.82 Å². The number of anilines is 3. The van der Waals surface area contributed by atoms with Gasteiger partial charge in [0, 0.05) is 26.5 Å². The Balaban J connectivity index is 2.16. The molecule has 3 N–H and O–H groups in total. The number of benzene rings is 2. The zero-order valence-electron chi connectivity index (χ0n) is 10.4. The number of nitrogens with two attached hydrogens (primary N) is 1. The van der Waals surface area contributed by atoms with Crippen molar-refractivity contribution in [2.75, 3.05) is 11.1 Å². The molecule has 0 atom stereocenters. The molecule has 0 saturated carbocycles. The van der Waals surface area contributed by atoms with Gasteiger partial charge < -0.3 is 11.1 Å². The zero-order chi connectivity index (χ0) is 14.1. The molecule has 20 heavy (non-hydrogen) atoms. The zero-order valence-corrected chi connectivity index (χ0v) is 12.6. The van der Waals surface area contributed by atoms with Crippen molar-refractivity contribution in [2.24, 2.45) is 0 Å². The van der Waals surface area contributed by atoms with Gasteiger partial charge in [-0.1, -0.05) is 6.07 Å². The minimum Gasteiger partial charge on any atom is -0.398 e. The summed E-state index contributed by atoms with van der Waals surface area (Å²) in [7, 11) is 0. The van der Waals surface area contributed by atoms with E-state index in [1.807, 2.05) is 30.3 Å². The summed E-state index contributed by atoms with van der Waals surface area (Å²) in [5, 5.41) is 3.82. The summed E-state index contributed by atoms with van der Waals surface area (Å²) in [6.45, 7) is 0. The van der Waals surface area contributed by atoms with Crippen molar-refractivity contribution in [1.82, 2.24) is 4.98 Å². The molecule has 0 aliphatic heterocycles. The number of hydrogen-bond donors (Lipinski definition) is 2. The third-order valence-corrected chi connectivity index (χ3v) is 3.64. The van der Waals surface area contributed by atoms with Crippen molar-refractivity contribution < 1.29 is 4.39 Å². The first-order chi connectivity index (χ1) is 9.65. The van der Waals surface area contributed by atoms with Crippen LogP contribution in [-0.2, 0) is 0 Å². The van der Waals surface area contributed by atoms with Crippen LogP contribution in [0.5, 0.6) is 0 Å². The highest BCUT2D eigenvalue weighted by Crippen LogP contribution is 2.31. The molecule has 3 nitrogen and oxygen atoms in total. The predicted octanol–water partition coefficient (Wildman–Crippen LogP) is 4.30. The van der Waals surface area contributed by atoms with E-state index < -0.39 is 5.82 Å². The highest BCUT2D eigenvalue weighted by molar-refractivity contribution is 14.1. The van der Waals surface area contributed by atoms with Gasteiger partial charge in [-0.3, -0.25) is 4.98 Å². The number of aromatic nitrogens is 1. The number of halogens is 2. The van der Waals surface area contributed by atoms with Crippen LogP contribution in [0.15, 0.2) is 48.7 Å². The van der Waals surface area contributed by atoms with Gasteiger partial charge in [-0.2, -0.15) is 0 Å². The Morgan fingerprint density at radius 2 is 2.00 bits per heavy atom. The van der Waals surface area contributed by atoms with E-state index in [2.05, 4.69) is 32.9 Å². The molecule has 0 aliphatic carbocycles. The van der Waals surface area contributed by atoms with Crippen LogP contribution in [0.3, 0.4) is 0 Å². The van der Waals surface area contributed by atoms with Crippen molar-refractivity contribution in [3.8, 4) is 0 Å². The summed E-state index contributed by atoms with van der Waals surface area (Å²) in [5.74, 6) is -0.410. The first-order valence-corrected chi connectivity index (χ1v) is 7.08. The lowest BCUT2D eigenvalue weighted by Crippen LogP contribution is -1.99. The highest BCUT2D eigenvalue weighted by Gasteiger charge is 2.12. The predicted molar refractivity (Wildman–Crippen MR) is 88.6 cm³/mol. The van der Waals surface area contributed by atoms with Gasteiger partial charge >= 0.3 is 0 Å². The van der Waals surface area contributed by atoms with E-state index in [1.54, 1.807) is 12.3 Å². The van der Waals surface area contributed by atoms with E-state index in [0.29, 0.717) is 16.9 Å². The van der Waals surface area contributed by atoms with Gasteiger partial charge in [0.1, 0.15) is 5.69 Å². The normalized spacial score (nSPS) is 10.7. The van der Waals surface area contributed by atoms with E-state index in [0.717, 1.165) is 14.6 Å². The molecule has 0 spiro atoms. The topological polar surface area (TPSA) is 50.9 Å². The van der Waals surface area contributed by atoms with E-state index in [9.17, 15) is 4.39 Å². The molecule has 5 heteroatoms. The largest absolute Gasteiger partial charge is 0.398 e. The molecule has 0 fully saturated rings. The van der Waals surface area contributed by atoms with Gasteiger partial charge in [0.05, 0.1) is 5.52 Å². The van der Waals surface area contributed by atoms with Crippen LogP contribution in [0.4, 0.5) is 21.5 Å². The van der Waals surface area contributed by atoms with E-state index in [-0.39, 0.29) is 0 Å². The number of nitrogens with zero attached hydrogens (tertiary/aromatic N) is 1. The average molecular weight is 379 g/mol. The molecule has 0 amide bonds. The quantitative estimate of drug-likeness (QED) is 0.516. The first-order valence-electron chi connectivity index (χ1n) is 6.00. The standard InChI is InChI=1S/C15H11FIN3/c16-12-8-13(18)11-5-2-6-19-14(11)15(12)20-10-4-1-3-9(17)7-10/h1-8,20H,18H2. The molecule has 2 aromatic carbocycles. The molecule has 100 valence electrons. The van der Waals surface area contributed by atoms with Crippen molar-refractivity contribution in [3.63, 3.8) is 0 Å². The third kappa shape index (κ3) is 2.40. The Bertz CT molecular complexity index is 789. The Hall–Kier alpha value is -1.89. The lowest BCUT2D eigenvalue weighted by molar-refractivity contribution is 0.634. The molecular weight excluding hydrogens is 368 g/mol. The summed E-state index contributed by atoms with van der Waals surface area (Å²) < 4.78 is 15.3. The number of pyridine rings is 1. The molecule has 0 aliphatic rings. The van der Waals surface area contributed by atoms with Gasteiger partial charge in [0.25, 0.3) is 0 Å². The molecule has 0 unspecified atom stereocenters. The van der Waals surface area contributed by atoms with Crippen molar-refractivity contribution in [1.29, 1.82) is 0 Å². The van der Waals surface area contributed by atoms with Crippen LogP contribution in [0.25, 0.3) is 10.9 Å². The molecule has 1 aromatic heterocycles. The molecule has 0 saturated heterocycles. The summed E-state index contributed by atoms with van der Waals surface area (Å²) >= 11 is 2.21. The van der Waals surface area contributed by atoms with Crippen molar-refractivity contribution in [3.05, 3.63) is 58.0 Å². The van der Waals surface area contributed by atoms with Crippen molar-refractivity contribution >= 4 is 50.6 Å². The molecule has 1 heterocycles. The average Bonchev–Trinajstić information content (AvgIpc) is 2.43. The fourth-order valence-corrected chi connectivity index (χ4v) is 2.61. The molecule has 0 radical (unpaired) electrons. The Morgan fingerprint density at radius 3 is 2.80 bits per heavy atom. The Morgan fingerprint density at radius 1 is 1.15 bits per heavy atom. The highest BCUT2D eigenvalue weighted by atomic mass is 127. The fraction of sp³-hybridized carbons (Fsp3) is 0. The summed E-state index contributed by atoms with van der Waals surface area (Å²) in [4.78, 5) is 4.24. The third-order valence-electron chi connectivity index (χ3n) is 2.97. The molecule has 3 aromatic rings. The van der Waals surface area contributed by atoms with E-state index >= 15 is 0 Å². The molecule has 3 rings (SSSR count). The minimum atomic E-state index is -0.410. The lowest BCUT2D eigenvalue weighted by atomic mass is 10.1. The minimum absolute atomic E-state index is 0.344. The van der Waals surface area contributed by atoms with Crippen LogP contribution in [0, 0.1) is 9.39 Å². The van der Waals surface area contributed by atoms with Gasteiger partial charge in [-0.05, 0) is 59.0 Å². The Kier molecular flexibility index (Phi) is 3.43. The number of hydrogen-bond acceptors (Lipinski definition) is 3. The van der Waals surface area contributed by atoms with E-state index in [4.69, 9.17) is 5.73 Å². The first kappa shape index (κ1) is 13.1. The maximum absolute atomic E-state index is 14.2. The van der Waals surface area contributed by atoms with Crippen LogP contribution >= 0.6 is 22.6 Å².